The highest BCUT2D eigenvalue weighted by molar-refractivity contribution is 7.89. The Hall–Kier alpha value is -2.03. The predicted molar refractivity (Wildman–Crippen MR) is 104 cm³/mol. The Morgan fingerprint density at radius 2 is 1.85 bits per heavy atom. The van der Waals surface area contributed by atoms with Crippen LogP contribution in [0.25, 0.3) is 11.4 Å². The highest BCUT2D eigenvalue weighted by atomic mass is 32.2. The number of aromatic nitrogens is 2. The Kier molecular flexibility index (Phi) is 4.44. The van der Waals surface area contributed by atoms with Crippen LogP contribution in [0.4, 0.5) is 0 Å². The molecule has 3 heterocycles. The van der Waals surface area contributed by atoms with Gasteiger partial charge in [0.2, 0.25) is 21.7 Å². The summed E-state index contributed by atoms with van der Waals surface area (Å²) in [6.07, 6.45) is 0. The van der Waals surface area contributed by atoms with Gasteiger partial charge in [-0.3, -0.25) is 0 Å². The highest BCUT2D eigenvalue weighted by Crippen LogP contribution is 2.33. The number of rotatable bonds is 4. The highest BCUT2D eigenvalue weighted by Gasteiger charge is 2.40. The van der Waals surface area contributed by atoms with E-state index >= 15 is 0 Å². The second-order valence-corrected chi connectivity index (χ2v) is 10.5. The van der Waals surface area contributed by atoms with Crippen molar-refractivity contribution in [2.24, 2.45) is 0 Å². The first kappa shape index (κ1) is 18.3. The maximum Gasteiger partial charge on any atom is 0.243 e. The number of sulfonamides is 1. The summed E-state index contributed by atoms with van der Waals surface area (Å²) in [6, 6.07) is 9.07. The van der Waals surface area contributed by atoms with Crippen molar-refractivity contribution in [1.29, 1.82) is 0 Å². The largest absolute Gasteiger partial charge is 0.339 e. The fourth-order valence-corrected chi connectivity index (χ4v) is 5.14. The normalized spacial score (nSPS) is 16.4. The average molecular weight is 404 g/mol. The molecule has 0 amide bonds. The molecule has 3 aromatic rings. The van der Waals surface area contributed by atoms with Gasteiger partial charge < -0.3 is 4.52 Å². The third kappa shape index (κ3) is 3.44. The molecule has 0 saturated carbocycles. The van der Waals surface area contributed by atoms with Gasteiger partial charge in [0.1, 0.15) is 0 Å². The van der Waals surface area contributed by atoms with Gasteiger partial charge in [0.15, 0.2) is 0 Å². The number of hydrogen-bond donors (Lipinski definition) is 0. The predicted octanol–water partition coefficient (Wildman–Crippen LogP) is 3.88. The summed E-state index contributed by atoms with van der Waals surface area (Å²) in [5.41, 5.74) is 2.01. The van der Waals surface area contributed by atoms with Crippen LogP contribution in [0.1, 0.15) is 38.1 Å². The first-order chi connectivity index (χ1) is 12.7. The molecule has 4 rings (SSSR count). The fourth-order valence-electron chi connectivity index (χ4n) is 2.98. The molecule has 0 atom stereocenters. The molecule has 1 fully saturated rings. The van der Waals surface area contributed by atoms with Crippen LogP contribution in [0.3, 0.4) is 0 Å². The van der Waals surface area contributed by atoms with Gasteiger partial charge in [0.25, 0.3) is 0 Å². The minimum atomic E-state index is -3.50. The summed E-state index contributed by atoms with van der Waals surface area (Å²) in [7, 11) is -3.50. The van der Waals surface area contributed by atoms with Crippen molar-refractivity contribution >= 4 is 21.4 Å². The second kappa shape index (κ2) is 6.54. The Morgan fingerprint density at radius 1 is 1.15 bits per heavy atom. The van der Waals surface area contributed by atoms with Gasteiger partial charge in [-0.25, -0.2) is 8.42 Å². The first-order valence-electron chi connectivity index (χ1n) is 8.72. The lowest BCUT2D eigenvalue weighted by molar-refractivity contribution is 0.217. The zero-order valence-corrected chi connectivity index (χ0v) is 17.0. The molecule has 0 unspecified atom stereocenters. The molecule has 0 N–H and O–H groups in total. The molecule has 2 aromatic heterocycles. The van der Waals surface area contributed by atoms with E-state index in [4.69, 9.17) is 4.52 Å². The van der Waals surface area contributed by atoms with E-state index in [-0.39, 0.29) is 11.3 Å². The number of nitrogens with zero attached hydrogens (tertiary/aromatic N) is 3. The summed E-state index contributed by atoms with van der Waals surface area (Å²) >= 11 is 1.57. The van der Waals surface area contributed by atoms with Crippen molar-refractivity contribution in [3.8, 4) is 11.4 Å². The van der Waals surface area contributed by atoms with E-state index in [1.54, 1.807) is 23.5 Å². The Bertz CT molecular complexity index is 1030. The van der Waals surface area contributed by atoms with Crippen LogP contribution in [0.2, 0.25) is 0 Å². The molecule has 1 saturated heterocycles. The number of benzene rings is 1. The second-order valence-electron chi connectivity index (χ2n) is 7.76. The van der Waals surface area contributed by atoms with E-state index in [2.05, 4.69) is 30.9 Å². The molecule has 8 heteroatoms. The molecular formula is C19H21N3O3S2. The molecule has 6 nitrogen and oxygen atoms in total. The SMILES string of the molecule is CC(C)(C)c1ccc(S(=O)(=O)N2CC(c3nc(-c4ccsc4)no3)C2)cc1. The van der Waals surface area contributed by atoms with Crippen molar-refractivity contribution in [3.05, 3.63) is 52.5 Å². The molecule has 1 aliphatic rings. The van der Waals surface area contributed by atoms with E-state index in [1.807, 2.05) is 29.0 Å². The van der Waals surface area contributed by atoms with Gasteiger partial charge in [0, 0.05) is 24.0 Å². The summed E-state index contributed by atoms with van der Waals surface area (Å²) in [5.74, 6) is 0.976. The fraction of sp³-hybridized carbons (Fsp3) is 0.368. The lowest BCUT2D eigenvalue weighted by atomic mass is 9.87. The zero-order valence-electron chi connectivity index (χ0n) is 15.4. The third-order valence-corrected chi connectivity index (χ3v) is 7.31. The topological polar surface area (TPSA) is 76.3 Å². The van der Waals surface area contributed by atoms with Crippen LogP contribution in [0, 0.1) is 0 Å². The van der Waals surface area contributed by atoms with Gasteiger partial charge in [-0.05, 0) is 34.6 Å². The zero-order chi connectivity index (χ0) is 19.2. The van der Waals surface area contributed by atoms with E-state index in [0.717, 1.165) is 11.1 Å². The van der Waals surface area contributed by atoms with Crippen molar-refractivity contribution in [1.82, 2.24) is 14.4 Å². The van der Waals surface area contributed by atoms with E-state index in [1.165, 1.54) is 4.31 Å². The maximum absolute atomic E-state index is 12.8. The molecular weight excluding hydrogens is 382 g/mol. The monoisotopic (exact) mass is 403 g/mol. The van der Waals surface area contributed by atoms with Crippen molar-refractivity contribution in [2.75, 3.05) is 13.1 Å². The molecule has 0 spiro atoms. The minimum Gasteiger partial charge on any atom is -0.339 e. The molecule has 142 valence electrons. The van der Waals surface area contributed by atoms with Crippen LogP contribution < -0.4 is 0 Å². The van der Waals surface area contributed by atoms with Crippen molar-refractivity contribution < 1.29 is 12.9 Å². The molecule has 27 heavy (non-hydrogen) atoms. The average Bonchev–Trinajstić information content (AvgIpc) is 3.24. The number of thiophene rings is 1. The van der Waals surface area contributed by atoms with Crippen LogP contribution in [-0.4, -0.2) is 36.0 Å². The summed E-state index contributed by atoms with van der Waals surface area (Å²) < 4.78 is 32.4. The summed E-state index contributed by atoms with van der Waals surface area (Å²) in [6.45, 7) is 7.02. The third-order valence-electron chi connectivity index (χ3n) is 4.78. The molecule has 0 aliphatic carbocycles. The summed E-state index contributed by atoms with van der Waals surface area (Å²) in [4.78, 5) is 4.73. The Balaban J connectivity index is 1.45. The molecule has 0 radical (unpaired) electrons. The lowest BCUT2D eigenvalue weighted by Crippen LogP contribution is -2.48. The number of hydrogen-bond acceptors (Lipinski definition) is 6. The standard InChI is InChI=1S/C19H21N3O3S2/c1-19(2,3)15-4-6-16(7-5-15)27(23,24)22-10-14(11-22)18-20-17(21-25-18)13-8-9-26-12-13/h4-9,12,14H,10-11H2,1-3H3. The summed E-state index contributed by atoms with van der Waals surface area (Å²) in [5, 5.41) is 7.90. The van der Waals surface area contributed by atoms with Gasteiger partial charge in [-0.2, -0.15) is 20.6 Å². The quantitative estimate of drug-likeness (QED) is 0.661. The first-order valence-corrected chi connectivity index (χ1v) is 11.1. The van der Waals surface area contributed by atoms with Crippen molar-refractivity contribution in [2.45, 2.75) is 37.0 Å². The lowest BCUT2D eigenvalue weighted by Gasteiger charge is -2.35. The van der Waals surface area contributed by atoms with Crippen molar-refractivity contribution in [3.63, 3.8) is 0 Å². The van der Waals surface area contributed by atoms with Gasteiger partial charge in [-0.1, -0.05) is 38.1 Å². The van der Waals surface area contributed by atoms with E-state index < -0.39 is 10.0 Å². The smallest absolute Gasteiger partial charge is 0.243 e. The minimum absolute atomic E-state index is 0.0116. The Labute approximate surface area is 162 Å². The van der Waals surface area contributed by atoms with E-state index in [9.17, 15) is 8.42 Å². The van der Waals surface area contributed by atoms with Crippen LogP contribution in [0.5, 0.6) is 0 Å². The molecule has 1 aromatic carbocycles. The van der Waals surface area contributed by atoms with Gasteiger partial charge in [-0.15, -0.1) is 0 Å². The van der Waals surface area contributed by atoms with Gasteiger partial charge >= 0.3 is 0 Å². The van der Waals surface area contributed by atoms with Crippen LogP contribution in [-0.2, 0) is 15.4 Å². The van der Waals surface area contributed by atoms with Crippen LogP contribution in [0.15, 0.2) is 50.5 Å². The molecule has 1 aliphatic heterocycles. The van der Waals surface area contributed by atoms with Crippen LogP contribution >= 0.6 is 11.3 Å². The van der Waals surface area contributed by atoms with Gasteiger partial charge in [0.05, 0.1) is 10.8 Å². The Morgan fingerprint density at radius 3 is 2.44 bits per heavy atom. The van der Waals surface area contributed by atoms with E-state index in [0.29, 0.717) is 29.7 Å². The maximum atomic E-state index is 12.8. The molecule has 0 bridgehead atoms.